The van der Waals surface area contributed by atoms with Gasteiger partial charge in [0, 0.05) is 12.1 Å². The fourth-order valence-electron chi connectivity index (χ4n) is 1.46. The molecule has 0 amide bonds. The second-order valence-electron chi connectivity index (χ2n) is 3.59. The Bertz CT molecular complexity index is 370. The number of hydrogen-bond donors (Lipinski definition) is 1. The highest BCUT2D eigenvalue weighted by molar-refractivity contribution is 5.77. The van der Waals surface area contributed by atoms with Crippen molar-refractivity contribution in [2.24, 2.45) is 0 Å². The lowest BCUT2D eigenvalue weighted by molar-refractivity contribution is 0.00986. The number of benzene rings is 1. The summed E-state index contributed by atoms with van der Waals surface area (Å²) in [6.45, 7) is 0.0892. The van der Waals surface area contributed by atoms with Gasteiger partial charge in [-0.2, -0.15) is 0 Å². The normalized spacial score (nSPS) is 10.8. The Labute approximate surface area is 98.8 Å². The molecule has 0 fully saturated rings. The van der Waals surface area contributed by atoms with E-state index in [4.69, 9.17) is 4.74 Å². The van der Waals surface area contributed by atoms with Gasteiger partial charge in [-0.3, -0.25) is 4.79 Å². The van der Waals surface area contributed by atoms with Crippen LogP contribution in [-0.2, 0) is 17.9 Å². The molecule has 3 nitrogen and oxygen atoms in total. The van der Waals surface area contributed by atoms with Crippen molar-refractivity contribution in [3.63, 3.8) is 0 Å². The van der Waals surface area contributed by atoms with Gasteiger partial charge in [0.25, 0.3) is 6.43 Å². The molecule has 0 bridgehead atoms. The Morgan fingerprint density at radius 1 is 1.47 bits per heavy atom. The van der Waals surface area contributed by atoms with E-state index < -0.39 is 13.0 Å². The number of alkyl halides is 2. The standard InChI is InChI=1S/C12H15F2NO2/c1-15-5-10-3-2-9(4-11(10)6-16)7-17-8-12(13)14/h2-4,6,12,15H,5,7-8H2,1H3. The van der Waals surface area contributed by atoms with Crippen molar-refractivity contribution in [3.05, 3.63) is 34.9 Å². The van der Waals surface area contributed by atoms with Crippen LogP contribution in [0.1, 0.15) is 21.5 Å². The quantitative estimate of drug-likeness (QED) is 0.744. The molecule has 0 aliphatic heterocycles. The summed E-state index contributed by atoms with van der Waals surface area (Å²) in [7, 11) is 1.79. The van der Waals surface area contributed by atoms with Crippen LogP contribution in [0.4, 0.5) is 8.78 Å². The zero-order valence-corrected chi connectivity index (χ0v) is 9.58. The van der Waals surface area contributed by atoms with Crippen LogP contribution in [0.2, 0.25) is 0 Å². The Balaban J connectivity index is 2.65. The number of carbonyl (C=O) groups is 1. The minimum Gasteiger partial charge on any atom is -0.371 e. The van der Waals surface area contributed by atoms with Gasteiger partial charge in [0.1, 0.15) is 12.9 Å². The van der Waals surface area contributed by atoms with Gasteiger partial charge in [-0.15, -0.1) is 0 Å². The SMILES string of the molecule is CNCc1ccc(COCC(F)F)cc1C=O. The molecule has 0 heterocycles. The van der Waals surface area contributed by atoms with E-state index in [0.717, 1.165) is 11.8 Å². The van der Waals surface area contributed by atoms with Gasteiger partial charge in [-0.05, 0) is 24.2 Å². The first-order chi connectivity index (χ1) is 8.17. The molecular weight excluding hydrogens is 228 g/mol. The highest BCUT2D eigenvalue weighted by Crippen LogP contribution is 2.11. The number of halogens is 2. The average Bonchev–Trinajstić information content (AvgIpc) is 2.30. The first kappa shape index (κ1) is 13.7. The largest absolute Gasteiger partial charge is 0.371 e. The lowest BCUT2D eigenvalue weighted by Crippen LogP contribution is -2.08. The van der Waals surface area contributed by atoms with Crippen molar-refractivity contribution in [1.29, 1.82) is 0 Å². The van der Waals surface area contributed by atoms with E-state index >= 15 is 0 Å². The number of ether oxygens (including phenoxy) is 1. The smallest absolute Gasteiger partial charge is 0.261 e. The molecule has 0 saturated carbocycles. The second-order valence-corrected chi connectivity index (χ2v) is 3.59. The van der Waals surface area contributed by atoms with Gasteiger partial charge >= 0.3 is 0 Å². The molecule has 0 aromatic heterocycles. The van der Waals surface area contributed by atoms with Gasteiger partial charge < -0.3 is 10.1 Å². The summed E-state index contributed by atoms with van der Waals surface area (Å²) in [4.78, 5) is 10.8. The highest BCUT2D eigenvalue weighted by Gasteiger charge is 2.05. The number of nitrogens with one attached hydrogen (secondary N) is 1. The summed E-state index contributed by atoms with van der Waals surface area (Å²) in [5.74, 6) is 0. The van der Waals surface area contributed by atoms with Crippen molar-refractivity contribution in [1.82, 2.24) is 5.32 Å². The first-order valence-corrected chi connectivity index (χ1v) is 5.25. The van der Waals surface area contributed by atoms with Gasteiger partial charge in [-0.1, -0.05) is 12.1 Å². The monoisotopic (exact) mass is 243 g/mol. The summed E-state index contributed by atoms with van der Waals surface area (Å²) in [6.07, 6.45) is -1.72. The van der Waals surface area contributed by atoms with Gasteiger partial charge in [0.2, 0.25) is 0 Å². The van der Waals surface area contributed by atoms with Crippen molar-refractivity contribution < 1.29 is 18.3 Å². The molecular formula is C12H15F2NO2. The topological polar surface area (TPSA) is 38.3 Å². The highest BCUT2D eigenvalue weighted by atomic mass is 19.3. The molecule has 0 atom stereocenters. The minimum absolute atomic E-state index is 0.0883. The average molecular weight is 243 g/mol. The molecule has 0 spiro atoms. The zero-order chi connectivity index (χ0) is 12.7. The molecule has 0 aliphatic carbocycles. The molecule has 94 valence electrons. The molecule has 1 aromatic carbocycles. The molecule has 17 heavy (non-hydrogen) atoms. The van der Waals surface area contributed by atoms with Crippen molar-refractivity contribution in [2.45, 2.75) is 19.6 Å². The van der Waals surface area contributed by atoms with E-state index in [1.165, 1.54) is 0 Å². The summed E-state index contributed by atoms with van der Waals surface area (Å²) in [5.41, 5.74) is 2.14. The molecule has 0 unspecified atom stereocenters. The Morgan fingerprint density at radius 3 is 2.82 bits per heavy atom. The van der Waals surface area contributed by atoms with Crippen molar-refractivity contribution >= 4 is 6.29 Å². The van der Waals surface area contributed by atoms with Crippen LogP contribution < -0.4 is 5.32 Å². The number of hydrogen-bond acceptors (Lipinski definition) is 3. The van der Waals surface area contributed by atoms with Crippen LogP contribution in [0.15, 0.2) is 18.2 Å². The maximum absolute atomic E-state index is 11.9. The van der Waals surface area contributed by atoms with Gasteiger partial charge in [0.15, 0.2) is 0 Å². The third kappa shape index (κ3) is 4.58. The predicted molar refractivity (Wildman–Crippen MR) is 60.3 cm³/mol. The fourth-order valence-corrected chi connectivity index (χ4v) is 1.46. The number of carbonyl (C=O) groups excluding carboxylic acids is 1. The van der Waals surface area contributed by atoms with E-state index in [1.54, 1.807) is 25.2 Å². The number of aldehydes is 1. The van der Waals surface area contributed by atoms with Crippen LogP contribution in [0.5, 0.6) is 0 Å². The van der Waals surface area contributed by atoms with Crippen LogP contribution in [0, 0.1) is 0 Å². The number of rotatable bonds is 7. The molecule has 0 aliphatic rings. The lowest BCUT2D eigenvalue weighted by Gasteiger charge is -2.08. The van der Waals surface area contributed by atoms with Crippen LogP contribution in [0.25, 0.3) is 0 Å². The molecule has 0 radical (unpaired) electrons. The maximum atomic E-state index is 11.9. The lowest BCUT2D eigenvalue weighted by atomic mass is 10.1. The third-order valence-corrected chi connectivity index (χ3v) is 2.22. The van der Waals surface area contributed by atoms with E-state index in [1.807, 2.05) is 0 Å². The molecule has 1 aromatic rings. The van der Waals surface area contributed by atoms with E-state index in [2.05, 4.69) is 5.32 Å². The van der Waals surface area contributed by atoms with Gasteiger partial charge in [0.05, 0.1) is 6.61 Å². The van der Waals surface area contributed by atoms with Crippen molar-refractivity contribution in [2.75, 3.05) is 13.7 Å². The zero-order valence-electron chi connectivity index (χ0n) is 9.58. The van der Waals surface area contributed by atoms with E-state index in [-0.39, 0.29) is 6.61 Å². The fraction of sp³-hybridized carbons (Fsp3) is 0.417. The minimum atomic E-state index is -2.47. The summed E-state index contributed by atoms with van der Waals surface area (Å²) in [5, 5.41) is 2.95. The summed E-state index contributed by atoms with van der Waals surface area (Å²) >= 11 is 0. The van der Waals surface area contributed by atoms with Crippen LogP contribution >= 0.6 is 0 Å². The van der Waals surface area contributed by atoms with Crippen molar-refractivity contribution in [3.8, 4) is 0 Å². The van der Waals surface area contributed by atoms with E-state index in [0.29, 0.717) is 17.7 Å². The van der Waals surface area contributed by atoms with Crippen LogP contribution in [0.3, 0.4) is 0 Å². The molecule has 0 saturated heterocycles. The molecule has 5 heteroatoms. The maximum Gasteiger partial charge on any atom is 0.261 e. The van der Waals surface area contributed by atoms with Gasteiger partial charge in [-0.25, -0.2) is 8.78 Å². The predicted octanol–water partition coefficient (Wildman–Crippen LogP) is 2.00. The summed E-state index contributed by atoms with van der Waals surface area (Å²) in [6, 6.07) is 5.22. The second kappa shape index (κ2) is 7.09. The first-order valence-electron chi connectivity index (χ1n) is 5.25. The molecule has 1 rings (SSSR count). The Hall–Kier alpha value is -1.33. The Kier molecular flexibility index (Phi) is 5.72. The molecule has 1 N–H and O–H groups in total. The summed E-state index contributed by atoms with van der Waals surface area (Å²) < 4.78 is 28.5. The Morgan fingerprint density at radius 2 is 2.24 bits per heavy atom. The van der Waals surface area contributed by atoms with E-state index in [9.17, 15) is 13.6 Å². The third-order valence-electron chi connectivity index (χ3n) is 2.22. The van der Waals surface area contributed by atoms with Crippen LogP contribution in [-0.4, -0.2) is 26.4 Å².